The lowest BCUT2D eigenvalue weighted by atomic mass is 10.1. The quantitative estimate of drug-likeness (QED) is 0.394. The molecule has 0 amide bonds. The number of halogens is 1. The molecule has 0 aromatic carbocycles. The molecule has 3 heterocycles. The molecule has 150 valence electrons. The molecule has 0 spiro atoms. The topological polar surface area (TPSA) is 132 Å². The molecule has 4 atom stereocenters. The van der Waals surface area contributed by atoms with Crippen molar-refractivity contribution in [1.82, 2.24) is 19.5 Å². The fourth-order valence-corrected chi connectivity index (χ4v) is 3.04. The second-order valence-electron chi connectivity index (χ2n) is 6.02. The Bertz CT molecular complexity index is 918. The molecule has 1 fully saturated rings. The van der Waals surface area contributed by atoms with E-state index in [1.54, 1.807) is 0 Å². The number of nitrogens with zero attached hydrogens (tertiary/aromatic N) is 4. The second kappa shape index (κ2) is 8.07. The number of hydrogen-bond donors (Lipinski definition) is 0. The van der Waals surface area contributed by atoms with Gasteiger partial charge in [0.15, 0.2) is 24.1 Å². The van der Waals surface area contributed by atoms with Gasteiger partial charge in [-0.2, -0.15) is 4.98 Å². The molecule has 2 aromatic heterocycles. The zero-order chi connectivity index (χ0) is 20.4. The summed E-state index contributed by atoms with van der Waals surface area (Å²) in [6.45, 7) is 3.45. The van der Waals surface area contributed by atoms with Crippen LogP contribution in [0, 0.1) is 0 Å². The van der Waals surface area contributed by atoms with Crippen LogP contribution >= 0.6 is 11.6 Å². The summed E-state index contributed by atoms with van der Waals surface area (Å²) in [5, 5.41) is -0.00992. The van der Waals surface area contributed by atoms with E-state index >= 15 is 0 Å². The van der Waals surface area contributed by atoms with Crippen LogP contribution in [0.5, 0.6) is 0 Å². The van der Waals surface area contributed by atoms with Crippen LogP contribution in [-0.4, -0.2) is 62.3 Å². The van der Waals surface area contributed by atoms with Crippen molar-refractivity contribution in [3.8, 4) is 0 Å². The lowest BCUT2D eigenvalue weighted by molar-refractivity contribution is -0.166. The minimum atomic E-state index is -1.03. The van der Waals surface area contributed by atoms with Crippen molar-refractivity contribution >= 4 is 40.7 Å². The van der Waals surface area contributed by atoms with E-state index in [1.807, 2.05) is 0 Å². The summed E-state index contributed by atoms with van der Waals surface area (Å²) in [6, 6.07) is 0. The number of carbonyl (C=O) groups is 3. The third-order valence-electron chi connectivity index (χ3n) is 3.90. The van der Waals surface area contributed by atoms with E-state index in [0.29, 0.717) is 11.2 Å². The van der Waals surface area contributed by atoms with E-state index in [9.17, 15) is 14.4 Å². The van der Waals surface area contributed by atoms with Crippen LogP contribution in [0.25, 0.3) is 11.2 Å². The summed E-state index contributed by atoms with van der Waals surface area (Å²) < 4.78 is 23.1. The van der Waals surface area contributed by atoms with Crippen LogP contribution in [0.15, 0.2) is 12.5 Å². The van der Waals surface area contributed by atoms with E-state index in [2.05, 4.69) is 15.0 Å². The summed E-state index contributed by atoms with van der Waals surface area (Å²) in [4.78, 5) is 46.6. The van der Waals surface area contributed by atoms with Gasteiger partial charge in [-0.1, -0.05) is 0 Å². The van der Waals surface area contributed by atoms with Crippen molar-refractivity contribution in [2.75, 3.05) is 6.61 Å². The fourth-order valence-electron chi connectivity index (χ4n) is 2.91. The van der Waals surface area contributed by atoms with E-state index in [4.69, 9.17) is 30.5 Å². The number of fused-ring (bicyclic) bond motifs is 1. The average molecular weight is 413 g/mol. The molecule has 0 bridgehead atoms. The van der Waals surface area contributed by atoms with Gasteiger partial charge in [-0.05, 0) is 11.6 Å². The molecule has 1 aliphatic rings. The summed E-state index contributed by atoms with van der Waals surface area (Å²) in [5.41, 5.74) is 0.763. The van der Waals surface area contributed by atoms with Crippen molar-refractivity contribution in [2.24, 2.45) is 0 Å². The first-order valence-corrected chi connectivity index (χ1v) is 8.62. The number of esters is 3. The average Bonchev–Trinajstić information content (AvgIpc) is 3.14. The number of hydrogen-bond acceptors (Lipinski definition) is 10. The van der Waals surface area contributed by atoms with Crippen molar-refractivity contribution in [2.45, 2.75) is 45.3 Å². The molecule has 1 saturated heterocycles. The summed E-state index contributed by atoms with van der Waals surface area (Å²) >= 11 is 5.87. The smallest absolute Gasteiger partial charge is 0.303 e. The molecule has 28 heavy (non-hydrogen) atoms. The second-order valence-corrected chi connectivity index (χ2v) is 6.35. The van der Waals surface area contributed by atoms with Crippen molar-refractivity contribution < 1.29 is 33.3 Å². The Labute approximate surface area is 163 Å². The van der Waals surface area contributed by atoms with Crippen molar-refractivity contribution in [3.05, 3.63) is 17.8 Å². The van der Waals surface area contributed by atoms with Gasteiger partial charge in [-0.25, -0.2) is 9.97 Å². The van der Waals surface area contributed by atoms with E-state index in [0.717, 1.165) is 0 Å². The third-order valence-corrected chi connectivity index (χ3v) is 4.08. The molecular formula is C16H17ClN4O7. The van der Waals surface area contributed by atoms with Crippen LogP contribution < -0.4 is 0 Å². The lowest BCUT2D eigenvalue weighted by Gasteiger charge is -2.23. The normalized spacial score (nSPS) is 24.1. The monoisotopic (exact) mass is 412 g/mol. The molecule has 0 saturated carbocycles. The number of rotatable bonds is 5. The Kier molecular flexibility index (Phi) is 5.75. The number of carbonyl (C=O) groups excluding carboxylic acids is 3. The van der Waals surface area contributed by atoms with Gasteiger partial charge in [0, 0.05) is 20.8 Å². The predicted molar refractivity (Wildman–Crippen MR) is 92.0 cm³/mol. The molecule has 0 aliphatic carbocycles. The first-order chi connectivity index (χ1) is 13.3. The van der Waals surface area contributed by atoms with E-state index in [-0.39, 0.29) is 11.9 Å². The first-order valence-electron chi connectivity index (χ1n) is 8.24. The largest absolute Gasteiger partial charge is 0.463 e. The lowest BCUT2D eigenvalue weighted by Crippen LogP contribution is -2.40. The Morgan fingerprint density at radius 3 is 2.43 bits per heavy atom. The van der Waals surface area contributed by atoms with Gasteiger partial charge in [-0.15, -0.1) is 0 Å². The molecule has 2 aromatic rings. The number of ether oxygens (including phenoxy) is 4. The molecule has 3 rings (SSSR count). The highest BCUT2D eigenvalue weighted by atomic mass is 35.5. The van der Waals surface area contributed by atoms with Crippen LogP contribution in [0.3, 0.4) is 0 Å². The maximum absolute atomic E-state index is 11.7. The fraction of sp³-hybridized carbons (Fsp3) is 0.500. The molecular weight excluding hydrogens is 396 g/mol. The number of imidazole rings is 1. The van der Waals surface area contributed by atoms with Gasteiger partial charge in [0.2, 0.25) is 5.28 Å². The highest BCUT2D eigenvalue weighted by Gasteiger charge is 2.51. The maximum atomic E-state index is 11.7. The van der Waals surface area contributed by atoms with Gasteiger partial charge < -0.3 is 18.9 Å². The zero-order valence-electron chi connectivity index (χ0n) is 15.2. The molecule has 1 aliphatic heterocycles. The molecule has 1 unspecified atom stereocenters. The highest BCUT2D eigenvalue weighted by Crippen LogP contribution is 2.35. The van der Waals surface area contributed by atoms with Gasteiger partial charge in [0.05, 0.1) is 12.5 Å². The SMILES string of the molecule is CC(=O)OC[C@@H]1OC(n2cnc3cnc(Cl)nc32)[C@@H](OC(C)=O)[C@@H]1OC(C)=O. The third kappa shape index (κ3) is 4.20. The van der Waals surface area contributed by atoms with Crippen molar-refractivity contribution in [1.29, 1.82) is 0 Å². The van der Waals surface area contributed by atoms with E-state index in [1.165, 1.54) is 37.9 Å². The Hall–Kier alpha value is -2.79. The van der Waals surface area contributed by atoms with Crippen LogP contribution in [0.2, 0.25) is 5.28 Å². The molecule has 11 nitrogen and oxygen atoms in total. The summed E-state index contributed by atoms with van der Waals surface area (Å²) in [6.07, 6.45) is -1.04. The number of aromatic nitrogens is 4. The van der Waals surface area contributed by atoms with Gasteiger partial charge in [-0.3, -0.25) is 19.0 Å². The molecule has 0 radical (unpaired) electrons. The standard InChI is InChI=1S/C16H17ClN4O7/c1-7(22)25-5-11-12(26-8(2)23)13(27-9(3)24)15(28-11)21-6-19-10-4-18-16(17)20-14(10)21/h4,6,11-13,15H,5H2,1-3H3/t11-,12+,13-,15?/m0/s1. The Balaban J connectivity index is 2.00. The van der Waals surface area contributed by atoms with Gasteiger partial charge >= 0.3 is 17.9 Å². The van der Waals surface area contributed by atoms with Gasteiger partial charge in [0.1, 0.15) is 18.2 Å². The molecule has 0 N–H and O–H groups in total. The molecule has 12 heteroatoms. The first kappa shape index (κ1) is 20.0. The van der Waals surface area contributed by atoms with Crippen molar-refractivity contribution in [3.63, 3.8) is 0 Å². The van der Waals surface area contributed by atoms with E-state index < -0.39 is 42.4 Å². The Morgan fingerprint density at radius 2 is 1.79 bits per heavy atom. The van der Waals surface area contributed by atoms with Crippen LogP contribution in [0.4, 0.5) is 0 Å². The minimum Gasteiger partial charge on any atom is -0.463 e. The maximum Gasteiger partial charge on any atom is 0.303 e. The Morgan fingerprint density at radius 1 is 1.11 bits per heavy atom. The summed E-state index contributed by atoms with van der Waals surface area (Å²) in [7, 11) is 0. The highest BCUT2D eigenvalue weighted by molar-refractivity contribution is 6.28. The van der Waals surface area contributed by atoms with Crippen LogP contribution in [0.1, 0.15) is 27.0 Å². The summed E-state index contributed by atoms with van der Waals surface area (Å²) in [5.74, 6) is -1.76. The van der Waals surface area contributed by atoms with Crippen LogP contribution in [-0.2, 0) is 33.3 Å². The minimum absolute atomic E-state index is 0.00992. The predicted octanol–water partition coefficient (Wildman–Crippen LogP) is 0.804. The van der Waals surface area contributed by atoms with Gasteiger partial charge in [0.25, 0.3) is 0 Å². The zero-order valence-corrected chi connectivity index (χ0v) is 16.0.